The molecule has 368 valence electrons. The van der Waals surface area contributed by atoms with Gasteiger partial charge in [0, 0.05) is 81.3 Å². The number of carbonyl (C=O) groups is 3. The van der Waals surface area contributed by atoms with Gasteiger partial charge in [0.25, 0.3) is 17.7 Å². The van der Waals surface area contributed by atoms with Crippen molar-refractivity contribution < 1.29 is 23.9 Å². The predicted molar refractivity (Wildman–Crippen MR) is 278 cm³/mol. The van der Waals surface area contributed by atoms with Crippen molar-refractivity contribution in [1.29, 1.82) is 0 Å². The molecule has 6 aromatic rings. The lowest BCUT2D eigenvalue weighted by atomic mass is 9.99. The van der Waals surface area contributed by atoms with Gasteiger partial charge >= 0.3 is 0 Å². The number of aryl methyl sites for hydroxylation is 1. The van der Waals surface area contributed by atoms with Crippen molar-refractivity contribution in [2.24, 2.45) is 0 Å². The Hall–Kier alpha value is -7.48. The maximum absolute atomic E-state index is 12.4. The van der Waals surface area contributed by atoms with E-state index < -0.39 is 0 Å². The molecule has 0 spiro atoms. The highest BCUT2D eigenvalue weighted by atomic mass is 16.5. The first-order valence-electron chi connectivity index (χ1n) is 23.8. The van der Waals surface area contributed by atoms with E-state index in [-0.39, 0.29) is 24.3 Å². The van der Waals surface area contributed by atoms with Crippen LogP contribution in [-0.2, 0) is 24.2 Å². The van der Waals surface area contributed by atoms with Crippen LogP contribution in [0.1, 0.15) is 145 Å². The minimum Gasteiger partial charge on any atom is -0.497 e. The summed E-state index contributed by atoms with van der Waals surface area (Å²) in [5.41, 5.74) is 10.2. The molecule has 0 unspecified atom stereocenters. The van der Waals surface area contributed by atoms with Crippen molar-refractivity contribution >= 4 is 29.4 Å². The van der Waals surface area contributed by atoms with Gasteiger partial charge < -0.3 is 30.3 Å². The van der Waals surface area contributed by atoms with Gasteiger partial charge in [-0.05, 0) is 112 Å². The smallest absolute Gasteiger partial charge is 0.263 e. The molecule has 0 aliphatic carbocycles. The second kappa shape index (κ2) is 26.3. The van der Waals surface area contributed by atoms with Crippen molar-refractivity contribution in [3.05, 3.63) is 173 Å². The highest BCUT2D eigenvalue weighted by molar-refractivity contribution is 5.95. The van der Waals surface area contributed by atoms with E-state index in [2.05, 4.69) is 109 Å². The molecule has 7 heterocycles. The number of rotatable bonds is 12. The zero-order chi connectivity index (χ0) is 50.7. The van der Waals surface area contributed by atoms with Crippen molar-refractivity contribution in [3.63, 3.8) is 0 Å². The third kappa shape index (κ3) is 16.3. The molecular formula is C56H69N9O5. The molecule has 0 radical (unpaired) electrons. The number of ether oxygens (including phenoxy) is 2. The first-order valence-corrected chi connectivity index (χ1v) is 23.8. The number of pyridine rings is 5. The fourth-order valence-electron chi connectivity index (χ4n) is 6.96. The Kier molecular flexibility index (Phi) is 20.1. The number of likely N-dealkylation sites (N-methyl/N-ethyl adjacent to an activating group) is 1. The number of nitrogens with one attached hydrogen (secondary N) is 3. The monoisotopic (exact) mass is 948 g/mol. The molecule has 0 saturated heterocycles. The van der Waals surface area contributed by atoms with Crippen LogP contribution in [-0.4, -0.2) is 74.9 Å². The Morgan fingerprint density at radius 2 is 1.36 bits per heavy atom. The number of hydrogen-bond donors (Lipinski definition) is 3. The summed E-state index contributed by atoms with van der Waals surface area (Å²) in [7, 11) is 3.44. The van der Waals surface area contributed by atoms with E-state index in [1.54, 1.807) is 43.0 Å². The Balaban J connectivity index is 0.000000177. The molecule has 0 saturated carbocycles. The number of fused-ring (bicyclic) bond motifs is 2. The number of hydrogen-bond acceptors (Lipinski definition) is 11. The van der Waals surface area contributed by atoms with Crippen LogP contribution >= 0.6 is 0 Å². The first kappa shape index (κ1) is 53.5. The highest BCUT2D eigenvalue weighted by Crippen LogP contribution is 2.29. The van der Waals surface area contributed by atoms with E-state index in [1.807, 2.05) is 80.1 Å². The van der Waals surface area contributed by atoms with E-state index in [4.69, 9.17) is 9.47 Å². The average Bonchev–Trinajstić information content (AvgIpc) is 3.37. The molecule has 0 fully saturated rings. The SMILES string of the molecule is C=C1CCc2cc(C(C)C)cnc2N1.CC(C)c1cnc2c(c1)OCC(=O)N2.CC(C)c1cncc(C(=O)N(C)CCc2ccccn2)c1.COc1cccc(CNC(=O)c2cncc(C(C)C)c2)c1. The standard InChI is InChI=1S/C17H21N3O.C17H20N2O2.C12H16N2.C10H12N2O2/c1-13(2)14-10-15(12-18-11-14)17(21)20(3)9-7-16-6-4-5-8-19-16;1-12(2)14-8-15(11-18-10-14)17(20)19-9-13-5-4-6-16(7-13)21-3;1-8(2)11-6-10-5-4-9(3)14-12(10)13-7-11;1-6(2)7-3-8-10(11-4-7)12-9(13)5-14-8/h4-6,8,10-13H,7,9H2,1-3H3;4-8,10-12H,9H2,1-3H3,(H,19,20);6-8H,3-5H2,1-2H3,(H,13,14);3-4,6H,5H2,1-2H3,(H,11,12,13). The van der Waals surface area contributed by atoms with Gasteiger partial charge in [-0.2, -0.15) is 0 Å². The maximum Gasteiger partial charge on any atom is 0.263 e. The summed E-state index contributed by atoms with van der Waals surface area (Å²) in [6, 6.07) is 21.5. The zero-order valence-corrected chi connectivity index (χ0v) is 42.4. The van der Waals surface area contributed by atoms with Gasteiger partial charge in [-0.15, -0.1) is 0 Å². The molecule has 2 aliphatic rings. The summed E-state index contributed by atoms with van der Waals surface area (Å²) >= 11 is 0. The quantitative estimate of drug-likeness (QED) is 0.107. The van der Waals surface area contributed by atoms with Crippen LogP contribution in [0.5, 0.6) is 11.5 Å². The number of methoxy groups -OCH3 is 1. The molecule has 3 amide bonds. The number of allylic oxidation sites excluding steroid dienone is 1. The topological polar surface area (TPSA) is 173 Å². The maximum atomic E-state index is 12.4. The van der Waals surface area contributed by atoms with Gasteiger partial charge in [0.05, 0.1) is 18.2 Å². The largest absolute Gasteiger partial charge is 0.497 e. The molecule has 14 nitrogen and oxygen atoms in total. The average molecular weight is 948 g/mol. The van der Waals surface area contributed by atoms with Crippen LogP contribution in [0.15, 0.2) is 122 Å². The molecule has 5 aromatic heterocycles. The first-order chi connectivity index (χ1) is 33.5. The van der Waals surface area contributed by atoms with Crippen LogP contribution in [0.2, 0.25) is 0 Å². The normalized spacial score (nSPS) is 12.3. The van der Waals surface area contributed by atoms with E-state index in [9.17, 15) is 14.4 Å². The Bertz CT molecular complexity index is 2610. The number of anilines is 2. The van der Waals surface area contributed by atoms with Crippen LogP contribution < -0.4 is 25.4 Å². The minimum absolute atomic E-state index is 0.000862. The van der Waals surface area contributed by atoms with Crippen molar-refractivity contribution in [1.82, 2.24) is 35.1 Å². The van der Waals surface area contributed by atoms with E-state index in [0.717, 1.165) is 64.5 Å². The zero-order valence-electron chi connectivity index (χ0n) is 42.4. The van der Waals surface area contributed by atoms with Crippen LogP contribution in [0.4, 0.5) is 11.6 Å². The van der Waals surface area contributed by atoms with Crippen molar-refractivity contribution in [2.75, 3.05) is 37.9 Å². The molecular weight excluding hydrogens is 879 g/mol. The summed E-state index contributed by atoms with van der Waals surface area (Å²) < 4.78 is 10.4. The molecule has 70 heavy (non-hydrogen) atoms. The summed E-state index contributed by atoms with van der Waals surface area (Å²) in [6.07, 6.45) is 15.2. The summed E-state index contributed by atoms with van der Waals surface area (Å²) in [4.78, 5) is 58.4. The molecule has 8 rings (SSSR count). The van der Waals surface area contributed by atoms with Gasteiger partial charge in [0.2, 0.25) is 0 Å². The summed E-state index contributed by atoms with van der Waals surface area (Å²) in [6.45, 7) is 22.0. The van der Waals surface area contributed by atoms with Crippen LogP contribution in [0.25, 0.3) is 0 Å². The van der Waals surface area contributed by atoms with Crippen molar-refractivity contribution in [2.45, 2.75) is 105 Å². The second-order valence-corrected chi connectivity index (χ2v) is 18.4. The highest BCUT2D eigenvalue weighted by Gasteiger charge is 2.19. The van der Waals surface area contributed by atoms with Gasteiger partial charge in [-0.25, -0.2) is 9.97 Å². The molecule has 1 aromatic carbocycles. The second-order valence-electron chi connectivity index (χ2n) is 18.4. The fourth-order valence-corrected chi connectivity index (χ4v) is 6.96. The van der Waals surface area contributed by atoms with Crippen LogP contribution in [0, 0.1) is 0 Å². The number of aromatic nitrogens is 5. The third-order valence-electron chi connectivity index (χ3n) is 11.5. The minimum atomic E-state index is -0.151. The lowest BCUT2D eigenvalue weighted by molar-refractivity contribution is -0.118. The molecule has 0 bridgehead atoms. The molecule has 14 heteroatoms. The summed E-state index contributed by atoms with van der Waals surface area (Å²) in [5.74, 6) is 4.37. The lowest BCUT2D eigenvalue weighted by Gasteiger charge is -2.20. The van der Waals surface area contributed by atoms with Gasteiger partial charge in [-0.3, -0.25) is 29.3 Å². The lowest BCUT2D eigenvalue weighted by Crippen LogP contribution is -2.29. The van der Waals surface area contributed by atoms with E-state index >= 15 is 0 Å². The summed E-state index contributed by atoms with van der Waals surface area (Å²) in [5, 5.41) is 8.77. The number of amides is 3. The van der Waals surface area contributed by atoms with Gasteiger partial charge in [0.1, 0.15) is 11.6 Å². The number of benzene rings is 1. The van der Waals surface area contributed by atoms with Gasteiger partial charge in [-0.1, -0.05) is 86.2 Å². The van der Waals surface area contributed by atoms with Crippen LogP contribution in [0.3, 0.4) is 0 Å². The Morgan fingerprint density at radius 3 is 2.00 bits per heavy atom. The number of nitrogens with zero attached hydrogens (tertiary/aromatic N) is 6. The fraction of sp³-hybridized carbons (Fsp3) is 0.357. The van der Waals surface area contributed by atoms with E-state index in [0.29, 0.717) is 59.5 Å². The van der Waals surface area contributed by atoms with Gasteiger partial charge in [0.15, 0.2) is 18.2 Å². The Morgan fingerprint density at radius 1 is 0.729 bits per heavy atom. The molecule has 3 N–H and O–H groups in total. The molecule has 0 atom stereocenters. The predicted octanol–water partition coefficient (Wildman–Crippen LogP) is 10.7. The van der Waals surface area contributed by atoms with E-state index in [1.165, 1.54) is 11.1 Å². The number of carbonyl (C=O) groups excluding carboxylic acids is 3. The van der Waals surface area contributed by atoms with Crippen molar-refractivity contribution in [3.8, 4) is 11.5 Å². The Labute approximate surface area is 413 Å². The third-order valence-corrected chi connectivity index (χ3v) is 11.5. The molecule has 2 aliphatic heterocycles.